The van der Waals surface area contributed by atoms with Gasteiger partial charge in [0.25, 0.3) is 5.91 Å². The van der Waals surface area contributed by atoms with Crippen LogP contribution in [0.25, 0.3) is 33.5 Å². The Kier molecular flexibility index (Phi) is 13.0. The van der Waals surface area contributed by atoms with Gasteiger partial charge in [-0.2, -0.15) is 4.99 Å². The minimum absolute atomic E-state index is 0.0782. The molecule has 3 fully saturated rings. The summed E-state index contributed by atoms with van der Waals surface area (Å²) in [5.74, 6) is 0.375. The number of carbonyl (C=O) groups is 5. The third-order valence-corrected chi connectivity index (χ3v) is 13.6. The van der Waals surface area contributed by atoms with Crippen LogP contribution in [0.15, 0.2) is 71.9 Å². The fourth-order valence-electron chi connectivity index (χ4n) is 10.4. The van der Waals surface area contributed by atoms with E-state index in [9.17, 15) is 24.0 Å². The molecule has 5 amide bonds. The zero-order chi connectivity index (χ0) is 45.2. The Morgan fingerprint density at radius 3 is 2.05 bits per heavy atom. The van der Waals surface area contributed by atoms with Crippen molar-refractivity contribution in [2.45, 2.75) is 109 Å². The molecule has 3 aromatic carbocycles. The van der Waals surface area contributed by atoms with E-state index in [1.165, 1.54) is 41.4 Å². The zero-order valence-electron chi connectivity index (χ0n) is 37.6. The lowest BCUT2D eigenvalue weighted by molar-refractivity contribution is -0.135. The van der Waals surface area contributed by atoms with Crippen LogP contribution in [0.1, 0.15) is 114 Å². The van der Waals surface area contributed by atoms with E-state index in [1.54, 1.807) is 13.8 Å². The lowest BCUT2D eigenvalue weighted by Crippen LogP contribution is -2.51. The van der Waals surface area contributed by atoms with Crippen LogP contribution >= 0.6 is 0 Å². The number of amides is 5. The highest BCUT2D eigenvalue weighted by molar-refractivity contribution is 6.41. The summed E-state index contributed by atoms with van der Waals surface area (Å²) in [7, 11) is 2.51. The summed E-state index contributed by atoms with van der Waals surface area (Å²) in [6.45, 7) is 8.39. The van der Waals surface area contributed by atoms with Gasteiger partial charge in [-0.3, -0.25) is 14.4 Å². The van der Waals surface area contributed by atoms with Gasteiger partial charge < -0.3 is 34.9 Å². The maximum Gasteiger partial charge on any atom is 0.433 e. The predicted octanol–water partition coefficient (Wildman–Crippen LogP) is 9.00. The Bertz CT molecular complexity index is 2450. The Hall–Kier alpha value is -6.31. The third kappa shape index (κ3) is 8.79. The van der Waals surface area contributed by atoms with Gasteiger partial charge in [-0.05, 0) is 120 Å². The van der Waals surface area contributed by atoms with Crippen molar-refractivity contribution in [2.75, 3.05) is 32.6 Å². The number of hydrogen-bond acceptors (Lipinski definition) is 8. The summed E-state index contributed by atoms with van der Waals surface area (Å²) in [6.07, 6.45) is 7.80. The molecule has 0 unspecified atom stereocenters. The van der Waals surface area contributed by atoms with Gasteiger partial charge in [0.2, 0.25) is 11.8 Å². The number of H-pyrrole nitrogens is 1. The number of aromatic nitrogens is 2. The van der Waals surface area contributed by atoms with Gasteiger partial charge in [0.05, 0.1) is 32.2 Å². The summed E-state index contributed by atoms with van der Waals surface area (Å²) in [5, 5.41) is 5.82. The molecule has 2 saturated heterocycles. The normalized spacial score (nSPS) is 20.9. The van der Waals surface area contributed by atoms with E-state index in [1.807, 2.05) is 43.1 Å². The van der Waals surface area contributed by atoms with Gasteiger partial charge in [0.1, 0.15) is 23.6 Å². The van der Waals surface area contributed by atoms with Crippen LogP contribution in [-0.4, -0.2) is 94.8 Å². The first-order valence-electron chi connectivity index (χ1n) is 22.7. The molecule has 1 aromatic heterocycles. The predicted molar refractivity (Wildman–Crippen MR) is 245 cm³/mol. The average Bonchev–Trinajstić information content (AvgIpc) is 4.12. The highest BCUT2D eigenvalue weighted by atomic mass is 16.5. The van der Waals surface area contributed by atoms with Crippen molar-refractivity contribution in [1.29, 1.82) is 0 Å². The average molecular weight is 870 g/mol. The zero-order valence-corrected chi connectivity index (χ0v) is 37.6. The molecule has 5 aliphatic rings. The minimum atomic E-state index is -0.840. The van der Waals surface area contributed by atoms with E-state index >= 15 is 0 Å². The molecule has 64 heavy (non-hydrogen) atoms. The van der Waals surface area contributed by atoms with Gasteiger partial charge in [-0.25, -0.2) is 14.6 Å². The number of ether oxygens (including phenoxy) is 2. The van der Waals surface area contributed by atoms with Crippen LogP contribution in [-0.2, 0) is 23.9 Å². The molecule has 2 aliphatic heterocycles. The quantitative estimate of drug-likeness (QED) is 0.125. The lowest BCUT2D eigenvalue weighted by atomic mass is 9.63. The Labute approximate surface area is 374 Å². The second kappa shape index (κ2) is 18.8. The van der Waals surface area contributed by atoms with Crippen molar-refractivity contribution in [3.05, 3.63) is 83.8 Å². The van der Waals surface area contributed by atoms with Gasteiger partial charge in [0.15, 0.2) is 0 Å². The number of anilines is 1. The van der Waals surface area contributed by atoms with Crippen LogP contribution in [0.4, 0.5) is 15.3 Å². The molecule has 3 atom stereocenters. The van der Waals surface area contributed by atoms with Gasteiger partial charge in [-0.15, -0.1) is 0 Å². The van der Waals surface area contributed by atoms with E-state index in [0.29, 0.717) is 43.5 Å². The van der Waals surface area contributed by atoms with Crippen LogP contribution in [0.3, 0.4) is 0 Å². The summed E-state index contributed by atoms with van der Waals surface area (Å²) in [4.78, 5) is 80.6. The van der Waals surface area contributed by atoms with E-state index < -0.39 is 30.2 Å². The number of aromatic amines is 1. The first kappa shape index (κ1) is 44.3. The molecule has 4 aromatic rings. The van der Waals surface area contributed by atoms with Gasteiger partial charge >= 0.3 is 12.2 Å². The molecular formula is C50H59N7O7. The van der Waals surface area contributed by atoms with E-state index in [4.69, 9.17) is 9.72 Å². The van der Waals surface area contributed by atoms with Crippen LogP contribution in [0.2, 0.25) is 0 Å². The number of nitrogens with one attached hydrogen (secondary N) is 3. The highest BCUT2D eigenvalue weighted by Crippen LogP contribution is 2.55. The largest absolute Gasteiger partial charge is 0.453 e. The summed E-state index contributed by atoms with van der Waals surface area (Å²) in [6, 6.07) is 19.5. The summed E-state index contributed by atoms with van der Waals surface area (Å²) in [5.41, 5.74) is 10.1. The molecule has 3 N–H and O–H groups in total. The Morgan fingerprint density at radius 1 is 0.766 bits per heavy atom. The Balaban J connectivity index is 1.01. The SMILES string of the molecule is COC(=O)/N=C(\C(=O)N1CCC[C@H]1C(=O)Nc1cccc(-c2ccc(-c3ccc(-c4cnc([C@@H]5CCCN5C(=O)[C@@H](NC(=O)OC)C(C)C)[nH]4)cc3)c3c2C2CCC3CC2)c1)C(C)C. The smallest absolute Gasteiger partial charge is 0.433 e. The first-order chi connectivity index (χ1) is 30.9. The molecule has 336 valence electrons. The fourth-order valence-corrected chi connectivity index (χ4v) is 10.4. The maximum atomic E-state index is 13.8. The van der Waals surface area contributed by atoms with Crippen molar-refractivity contribution in [3.63, 3.8) is 0 Å². The molecule has 14 nitrogen and oxygen atoms in total. The van der Waals surface area contributed by atoms with Crippen LogP contribution < -0.4 is 10.6 Å². The third-order valence-electron chi connectivity index (χ3n) is 13.6. The number of methoxy groups -OCH3 is 2. The molecule has 3 aliphatic carbocycles. The maximum absolute atomic E-state index is 13.8. The topological polar surface area (TPSA) is 175 Å². The standard InChI is InChI=1S/C50H59N7O7/c1-28(2)43(54-49(61)63-5)47(59)56-24-8-12-39(56)45-51-27-38(53-45)31-16-14-30(15-17-31)36-22-23-37(42-33-20-18-32(19-21-33)41(36)42)34-10-7-11-35(26-34)52-46(58)40-13-9-25-57(40)48(60)44(29(3)4)55-50(62)64-6/h7,10-11,14-17,22-23,26-29,32-33,39-40,43H,8-9,12-13,18-21,24-25H2,1-6H3,(H,51,53)(H,52,58)(H,54,61)/b55-44-/t32?,33?,39-,40-,43-/m0/s1. The van der Waals surface area contributed by atoms with E-state index in [2.05, 4.69) is 67.8 Å². The number of carbonyl (C=O) groups excluding carboxylic acids is 5. The lowest BCUT2D eigenvalue weighted by Gasteiger charge is -2.41. The monoisotopic (exact) mass is 869 g/mol. The number of imidazole rings is 1. The second-order valence-electron chi connectivity index (χ2n) is 18.2. The van der Waals surface area contributed by atoms with Crippen LogP contribution in [0, 0.1) is 11.8 Å². The minimum Gasteiger partial charge on any atom is -0.453 e. The van der Waals surface area contributed by atoms with Crippen molar-refractivity contribution in [2.24, 2.45) is 16.8 Å². The van der Waals surface area contributed by atoms with Gasteiger partial charge in [0, 0.05) is 24.7 Å². The highest BCUT2D eigenvalue weighted by Gasteiger charge is 2.40. The second-order valence-corrected chi connectivity index (χ2v) is 18.2. The molecule has 3 heterocycles. The van der Waals surface area contributed by atoms with Crippen molar-refractivity contribution in [1.82, 2.24) is 25.1 Å². The van der Waals surface area contributed by atoms with E-state index in [-0.39, 0.29) is 35.4 Å². The first-order valence-corrected chi connectivity index (χ1v) is 22.7. The molecule has 14 heteroatoms. The Morgan fingerprint density at radius 2 is 1.41 bits per heavy atom. The number of benzene rings is 3. The van der Waals surface area contributed by atoms with Crippen molar-refractivity contribution in [3.8, 4) is 33.5 Å². The van der Waals surface area contributed by atoms with Crippen LogP contribution in [0.5, 0.6) is 0 Å². The molecule has 9 rings (SSSR count). The fraction of sp³-hybridized carbons (Fsp3) is 0.460. The number of fused-ring (bicyclic) bond motifs is 2. The molecule has 0 spiro atoms. The number of rotatable bonds is 11. The number of nitrogens with zero attached hydrogens (tertiary/aromatic N) is 4. The molecular weight excluding hydrogens is 811 g/mol. The molecule has 2 bridgehead atoms. The van der Waals surface area contributed by atoms with E-state index in [0.717, 1.165) is 66.7 Å². The van der Waals surface area contributed by atoms with Crippen molar-refractivity contribution < 1.29 is 33.4 Å². The summed E-state index contributed by atoms with van der Waals surface area (Å²) >= 11 is 0. The number of alkyl carbamates (subject to hydrolysis) is 1. The van der Waals surface area contributed by atoms with Gasteiger partial charge in [-0.1, -0.05) is 76.2 Å². The molecule has 1 saturated carbocycles. The number of hydrogen-bond donors (Lipinski definition) is 3. The molecule has 0 radical (unpaired) electrons. The summed E-state index contributed by atoms with van der Waals surface area (Å²) < 4.78 is 9.48. The van der Waals surface area contributed by atoms with Crippen molar-refractivity contribution >= 4 is 41.3 Å². The number of likely N-dealkylation sites (tertiary alicyclic amines) is 2. The number of aliphatic imine (C=N–C) groups is 1.